The first-order valence-electron chi connectivity index (χ1n) is 12.9. The molecule has 4 rings (SSSR count). The van der Waals surface area contributed by atoms with Crippen LogP contribution in [0.1, 0.15) is 49.0 Å². The van der Waals surface area contributed by atoms with Gasteiger partial charge in [0.15, 0.2) is 0 Å². The summed E-state index contributed by atoms with van der Waals surface area (Å²) in [7, 11) is 1.80. The minimum Gasteiger partial charge on any atom is -0.369 e. The smallest absolute Gasteiger partial charge is 0.317 e. The van der Waals surface area contributed by atoms with Crippen LogP contribution < -0.4 is 15.5 Å². The number of urea groups is 1. The Morgan fingerprint density at radius 3 is 2.44 bits per heavy atom. The molecule has 36 heavy (non-hydrogen) atoms. The Labute approximate surface area is 213 Å². The molecule has 1 saturated heterocycles. The lowest BCUT2D eigenvalue weighted by atomic mass is 10.1. The van der Waals surface area contributed by atoms with Gasteiger partial charge in [-0.25, -0.2) is 4.79 Å². The average Bonchev–Trinajstić information content (AvgIpc) is 3.71. The average molecular weight is 492 g/mol. The van der Waals surface area contributed by atoms with Gasteiger partial charge in [-0.2, -0.15) is 0 Å². The molecule has 8 heteroatoms. The summed E-state index contributed by atoms with van der Waals surface area (Å²) in [6.45, 7) is 7.00. The van der Waals surface area contributed by atoms with Crippen molar-refractivity contribution in [3.05, 3.63) is 59.7 Å². The van der Waals surface area contributed by atoms with Gasteiger partial charge in [-0.15, -0.1) is 0 Å². The van der Waals surface area contributed by atoms with Gasteiger partial charge >= 0.3 is 6.03 Å². The number of amides is 4. The molecule has 1 aliphatic carbocycles. The third-order valence-electron chi connectivity index (χ3n) is 6.59. The summed E-state index contributed by atoms with van der Waals surface area (Å²) in [6.07, 6.45) is 2.65. The van der Waals surface area contributed by atoms with E-state index in [1.807, 2.05) is 61.2 Å². The molecule has 2 aromatic carbocycles. The number of rotatable bonds is 7. The molecule has 192 valence electrons. The van der Waals surface area contributed by atoms with Gasteiger partial charge in [-0.05, 0) is 56.9 Å². The molecule has 1 saturated carbocycles. The van der Waals surface area contributed by atoms with E-state index in [2.05, 4.69) is 15.5 Å². The third-order valence-corrected chi connectivity index (χ3v) is 6.59. The molecule has 0 atom stereocenters. The first-order valence-corrected chi connectivity index (χ1v) is 12.9. The van der Waals surface area contributed by atoms with Crippen LogP contribution in [0.5, 0.6) is 0 Å². The van der Waals surface area contributed by atoms with Crippen molar-refractivity contribution < 1.29 is 14.4 Å². The number of hydrogen-bond donors (Lipinski definition) is 2. The minimum atomic E-state index is -0.102. The van der Waals surface area contributed by atoms with Gasteiger partial charge < -0.3 is 25.3 Å². The van der Waals surface area contributed by atoms with E-state index in [-0.39, 0.29) is 29.8 Å². The molecule has 0 spiro atoms. The molecular weight excluding hydrogens is 454 g/mol. The molecule has 2 N–H and O–H groups in total. The largest absolute Gasteiger partial charge is 0.369 e. The summed E-state index contributed by atoms with van der Waals surface area (Å²) in [6, 6.07) is 15.5. The molecule has 0 unspecified atom stereocenters. The van der Waals surface area contributed by atoms with Crippen LogP contribution in [-0.2, 0) is 11.3 Å². The number of hydrogen-bond acceptors (Lipinski definition) is 4. The van der Waals surface area contributed by atoms with Gasteiger partial charge in [0.2, 0.25) is 5.91 Å². The number of anilines is 2. The molecule has 0 aromatic heterocycles. The van der Waals surface area contributed by atoms with Gasteiger partial charge in [-0.1, -0.05) is 30.3 Å². The van der Waals surface area contributed by atoms with E-state index in [0.29, 0.717) is 37.4 Å². The maximum absolute atomic E-state index is 13.7. The van der Waals surface area contributed by atoms with Gasteiger partial charge in [0.25, 0.3) is 5.91 Å². The maximum atomic E-state index is 13.7. The highest BCUT2D eigenvalue weighted by molar-refractivity contribution is 6.02. The van der Waals surface area contributed by atoms with E-state index >= 15 is 0 Å². The van der Waals surface area contributed by atoms with Crippen molar-refractivity contribution in [3.63, 3.8) is 0 Å². The zero-order valence-corrected chi connectivity index (χ0v) is 21.5. The van der Waals surface area contributed by atoms with E-state index in [9.17, 15) is 14.4 Å². The molecule has 2 aliphatic rings. The summed E-state index contributed by atoms with van der Waals surface area (Å²) < 4.78 is 0. The molecule has 2 fully saturated rings. The highest BCUT2D eigenvalue weighted by Gasteiger charge is 2.30. The van der Waals surface area contributed by atoms with Crippen LogP contribution in [0.2, 0.25) is 0 Å². The minimum absolute atomic E-state index is 0.0142. The van der Waals surface area contributed by atoms with Crippen molar-refractivity contribution in [2.24, 2.45) is 5.92 Å². The molecular formula is C28H37N5O3. The lowest BCUT2D eigenvalue weighted by Gasteiger charge is -2.28. The Hall–Kier alpha value is -3.55. The van der Waals surface area contributed by atoms with Gasteiger partial charge in [0, 0.05) is 63.1 Å². The van der Waals surface area contributed by atoms with Gasteiger partial charge in [-0.3, -0.25) is 9.59 Å². The summed E-state index contributed by atoms with van der Waals surface area (Å²) in [4.78, 5) is 44.3. The second-order valence-electron chi connectivity index (χ2n) is 10.1. The van der Waals surface area contributed by atoms with Crippen LogP contribution in [0.3, 0.4) is 0 Å². The van der Waals surface area contributed by atoms with E-state index in [4.69, 9.17) is 0 Å². The SMILES string of the molecule is CC(C)NC(=O)N1CCCN(c2ccc(NC(=O)C3CC3)cc2C(=O)N(C)Cc2ccccc2)CC1. The number of carbonyl (C=O) groups excluding carboxylic acids is 3. The number of carbonyl (C=O) groups is 3. The number of nitrogens with one attached hydrogen (secondary N) is 2. The van der Waals surface area contributed by atoms with Crippen molar-refractivity contribution in [3.8, 4) is 0 Å². The first-order chi connectivity index (χ1) is 17.3. The second kappa shape index (κ2) is 11.5. The highest BCUT2D eigenvalue weighted by atomic mass is 16.2. The predicted molar refractivity (Wildman–Crippen MR) is 142 cm³/mol. The van der Waals surface area contributed by atoms with Crippen molar-refractivity contribution in [2.75, 3.05) is 43.4 Å². The van der Waals surface area contributed by atoms with Crippen molar-refractivity contribution in [1.82, 2.24) is 15.1 Å². The van der Waals surface area contributed by atoms with Crippen LogP contribution >= 0.6 is 0 Å². The fraction of sp³-hybridized carbons (Fsp3) is 0.464. The summed E-state index contributed by atoms with van der Waals surface area (Å²) in [5.74, 6) is -0.00597. The van der Waals surface area contributed by atoms with Gasteiger partial charge in [0.05, 0.1) is 5.56 Å². The zero-order valence-electron chi connectivity index (χ0n) is 21.5. The first kappa shape index (κ1) is 25.5. The molecule has 0 radical (unpaired) electrons. The van der Waals surface area contributed by atoms with E-state index < -0.39 is 0 Å². The molecule has 1 aliphatic heterocycles. The Bertz CT molecular complexity index is 1080. The second-order valence-corrected chi connectivity index (χ2v) is 10.1. The standard InChI is InChI=1S/C28H37N5O3/c1-20(2)29-28(36)33-15-7-14-32(16-17-33)25-13-12-23(30-26(34)22-10-11-22)18-24(25)27(35)31(3)19-21-8-5-4-6-9-21/h4-6,8-9,12-13,18,20,22H,7,10-11,14-17,19H2,1-3H3,(H,29,36)(H,30,34). The third kappa shape index (κ3) is 6.56. The van der Waals surface area contributed by atoms with Crippen LogP contribution in [0.15, 0.2) is 48.5 Å². The fourth-order valence-electron chi connectivity index (χ4n) is 4.49. The van der Waals surface area contributed by atoms with E-state index in [1.165, 1.54) is 0 Å². The van der Waals surface area contributed by atoms with Crippen molar-refractivity contribution in [2.45, 2.75) is 45.7 Å². The van der Waals surface area contributed by atoms with Crippen LogP contribution in [0.25, 0.3) is 0 Å². The maximum Gasteiger partial charge on any atom is 0.317 e. The van der Waals surface area contributed by atoms with Crippen LogP contribution in [-0.4, -0.2) is 66.9 Å². The molecule has 0 bridgehead atoms. The predicted octanol–water partition coefficient (Wildman–Crippen LogP) is 3.94. The molecule has 4 amide bonds. The summed E-state index contributed by atoms with van der Waals surface area (Å²) in [5, 5.41) is 5.95. The summed E-state index contributed by atoms with van der Waals surface area (Å²) in [5.41, 5.74) is 3.08. The Morgan fingerprint density at radius 1 is 1.00 bits per heavy atom. The van der Waals surface area contributed by atoms with E-state index in [0.717, 1.165) is 37.1 Å². The fourth-order valence-corrected chi connectivity index (χ4v) is 4.49. The van der Waals surface area contributed by atoms with E-state index in [1.54, 1.807) is 18.0 Å². The lowest BCUT2D eigenvalue weighted by molar-refractivity contribution is -0.117. The topological polar surface area (TPSA) is 85.0 Å². The number of nitrogens with zero attached hydrogens (tertiary/aromatic N) is 3. The normalized spacial score (nSPS) is 15.9. The monoisotopic (exact) mass is 491 g/mol. The quantitative estimate of drug-likeness (QED) is 0.615. The molecule has 1 heterocycles. The van der Waals surface area contributed by atoms with Crippen LogP contribution in [0.4, 0.5) is 16.2 Å². The number of benzene rings is 2. The van der Waals surface area contributed by atoms with Crippen molar-refractivity contribution >= 4 is 29.2 Å². The Balaban J connectivity index is 1.56. The molecule has 2 aromatic rings. The molecule has 8 nitrogen and oxygen atoms in total. The van der Waals surface area contributed by atoms with Crippen molar-refractivity contribution in [1.29, 1.82) is 0 Å². The van der Waals surface area contributed by atoms with Gasteiger partial charge in [0.1, 0.15) is 0 Å². The Morgan fingerprint density at radius 2 is 1.75 bits per heavy atom. The zero-order chi connectivity index (χ0) is 25.7. The highest BCUT2D eigenvalue weighted by Crippen LogP contribution is 2.32. The lowest BCUT2D eigenvalue weighted by Crippen LogP contribution is -2.44. The van der Waals surface area contributed by atoms with Crippen LogP contribution in [0, 0.1) is 5.92 Å². The Kier molecular flexibility index (Phi) is 8.13. The summed E-state index contributed by atoms with van der Waals surface area (Å²) >= 11 is 0.